The molecule has 0 bridgehead atoms. The summed E-state index contributed by atoms with van der Waals surface area (Å²) in [6.07, 6.45) is 6.50. The molecule has 0 amide bonds. The molecule has 0 atom stereocenters. The van der Waals surface area contributed by atoms with Crippen molar-refractivity contribution in [3.05, 3.63) is 82.3 Å². The van der Waals surface area contributed by atoms with E-state index in [0.29, 0.717) is 5.56 Å². The Kier molecular flexibility index (Phi) is 3.85. The Morgan fingerprint density at radius 3 is 2.81 bits per heavy atom. The zero-order chi connectivity index (χ0) is 14.7. The Balaban J connectivity index is 1.96. The molecule has 0 fully saturated rings. The van der Waals surface area contributed by atoms with Crippen LogP contribution in [0, 0.1) is 11.3 Å². The highest BCUT2D eigenvalue weighted by Crippen LogP contribution is 2.22. The molecule has 3 aromatic rings. The number of hydrogen-bond donors (Lipinski definition) is 0. The second kappa shape index (κ2) is 5.94. The minimum absolute atomic E-state index is 0.639. The molecule has 0 N–H and O–H groups in total. The van der Waals surface area contributed by atoms with E-state index in [2.05, 4.69) is 43.7 Å². The predicted octanol–water partition coefficient (Wildman–Crippen LogP) is 4.10. The predicted molar refractivity (Wildman–Crippen MR) is 85.2 cm³/mol. The van der Waals surface area contributed by atoms with Gasteiger partial charge >= 0.3 is 0 Å². The van der Waals surface area contributed by atoms with E-state index in [4.69, 9.17) is 5.26 Å². The average molecular weight is 338 g/mol. The van der Waals surface area contributed by atoms with E-state index in [1.807, 2.05) is 42.7 Å². The Morgan fingerprint density at radius 1 is 1.19 bits per heavy atom. The van der Waals surface area contributed by atoms with E-state index in [1.165, 1.54) is 11.3 Å². The summed E-state index contributed by atoms with van der Waals surface area (Å²) in [4.78, 5) is 4.15. The second-order valence-electron chi connectivity index (χ2n) is 4.68. The van der Waals surface area contributed by atoms with Crippen molar-refractivity contribution in [2.45, 2.75) is 6.42 Å². The Labute approximate surface area is 131 Å². The molecule has 3 nitrogen and oxygen atoms in total. The molecular weight excluding hydrogens is 326 g/mol. The van der Waals surface area contributed by atoms with Crippen LogP contribution in [0.15, 0.2) is 65.5 Å². The van der Waals surface area contributed by atoms with Gasteiger partial charge in [0.1, 0.15) is 6.07 Å². The first kappa shape index (κ1) is 13.6. The number of hydrogen-bond acceptors (Lipinski definition) is 2. The van der Waals surface area contributed by atoms with Crippen LogP contribution in [0.2, 0.25) is 0 Å². The fourth-order valence-corrected chi connectivity index (χ4v) is 2.72. The van der Waals surface area contributed by atoms with Crippen LogP contribution in [0.3, 0.4) is 0 Å². The van der Waals surface area contributed by atoms with Gasteiger partial charge in [0, 0.05) is 40.9 Å². The van der Waals surface area contributed by atoms with Crippen molar-refractivity contribution in [3.63, 3.8) is 0 Å². The van der Waals surface area contributed by atoms with E-state index in [9.17, 15) is 0 Å². The van der Waals surface area contributed by atoms with E-state index in [1.54, 1.807) is 6.20 Å². The lowest BCUT2D eigenvalue weighted by molar-refractivity contribution is 0.953. The minimum Gasteiger partial charge on any atom is -0.321 e. The van der Waals surface area contributed by atoms with E-state index in [0.717, 1.165) is 16.6 Å². The van der Waals surface area contributed by atoms with Crippen molar-refractivity contribution >= 4 is 15.9 Å². The van der Waals surface area contributed by atoms with Crippen LogP contribution in [-0.4, -0.2) is 9.55 Å². The van der Waals surface area contributed by atoms with Crippen molar-refractivity contribution in [1.82, 2.24) is 9.55 Å². The van der Waals surface area contributed by atoms with Crippen molar-refractivity contribution in [2.24, 2.45) is 0 Å². The van der Waals surface area contributed by atoms with Gasteiger partial charge < -0.3 is 4.57 Å². The van der Waals surface area contributed by atoms with Crippen LogP contribution in [-0.2, 0) is 6.42 Å². The first-order valence-electron chi connectivity index (χ1n) is 6.53. The molecule has 0 aliphatic rings. The summed E-state index contributed by atoms with van der Waals surface area (Å²) in [5.74, 6) is 0. The average Bonchev–Trinajstić information content (AvgIpc) is 2.96. The minimum atomic E-state index is 0.639. The third-order valence-electron chi connectivity index (χ3n) is 3.29. The number of nitriles is 1. The largest absolute Gasteiger partial charge is 0.321 e. The van der Waals surface area contributed by atoms with Crippen molar-refractivity contribution in [3.8, 4) is 11.8 Å². The van der Waals surface area contributed by atoms with Crippen LogP contribution in [0.25, 0.3) is 5.69 Å². The fourth-order valence-electron chi connectivity index (χ4n) is 2.27. The number of benzene rings is 1. The molecule has 102 valence electrons. The third-order valence-corrected chi connectivity index (χ3v) is 3.95. The van der Waals surface area contributed by atoms with Crippen LogP contribution >= 0.6 is 15.9 Å². The first-order valence-corrected chi connectivity index (χ1v) is 7.32. The molecule has 1 aromatic carbocycles. The van der Waals surface area contributed by atoms with Gasteiger partial charge in [0.25, 0.3) is 0 Å². The molecule has 0 radical (unpaired) electrons. The van der Waals surface area contributed by atoms with Gasteiger partial charge in [0.2, 0.25) is 0 Å². The van der Waals surface area contributed by atoms with E-state index < -0.39 is 0 Å². The lowest BCUT2D eigenvalue weighted by atomic mass is 10.1. The zero-order valence-corrected chi connectivity index (χ0v) is 12.8. The topological polar surface area (TPSA) is 41.6 Å². The van der Waals surface area contributed by atoms with Gasteiger partial charge in [-0.25, -0.2) is 0 Å². The smallest absolute Gasteiger partial charge is 0.100 e. The van der Waals surface area contributed by atoms with Gasteiger partial charge in [0.05, 0.1) is 5.56 Å². The number of aromatic nitrogens is 2. The van der Waals surface area contributed by atoms with Gasteiger partial charge in [0.15, 0.2) is 0 Å². The Hall–Kier alpha value is -2.38. The van der Waals surface area contributed by atoms with E-state index >= 15 is 0 Å². The standard InChI is InChI=1S/C17H12BrN3/c18-17-10-16(6-5-14(17)11-19)21-8-2-4-15(21)9-13-3-1-7-20-12-13/h1-8,10,12H,9H2. The highest BCUT2D eigenvalue weighted by atomic mass is 79.9. The summed E-state index contributed by atoms with van der Waals surface area (Å²) in [6, 6.07) is 16.0. The molecule has 2 heterocycles. The monoisotopic (exact) mass is 337 g/mol. The highest BCUT2D eigenvalue weighted by molar-refractivity contribution is 9.10. The van der Waals surface area contributed by atoms with Gasteiger partial charge in [-0.15, -0.1) is 0 Å². The van der Waals surface area contributed by atoms with Gasteiger partial charge in [-0.05, 0) is 57.9 Å². The van der Waals surface area contributed by atoms with Gasteiger partial charge in [-0.3, -0.25) is 4.98 Å². The first-order chi connectivity index (χ1) is 10.3. The maximum absolute atomic E-state index is 9.00. The molecule has 0 saturated carbocycles. The van der Waals surface area contributed by atoms with Crippen LogP contribution in [0.4, 0.5) is 0 Å². The molecule has 2 aromatic heterocycles. The quantitative estimate of drug-likeness (QED) is 0.722. The van der Waals surface area contributed by atoms with Gasteiger partial charge in [-0.2, -0.15) is 5.26 Å². The molecular formula is C17H12BrN3. The number of halogens is 1. The van der Waals surface area contributed by atoms with Crippen molar-refractivity contribution in [1.29, 1.82) is 5.26 Å². The molecule has 0 spiro atoms. The van der Waals surface area contributed by atoms with Crippen LogP contribution < -0.4 is 0 Å². The lowest BCUT2D eigenvalue weighted by Crippen LogP contribution is -2.00. The summed E-state index contributed by atoms with van der Waals surface area (Å²) in [7, 11) is 0. The molecule has 0 unspecified atom stereocenters. The molecule has 3 rings (SSSR count). The zero-order valence-electron chi connectivity index (χ0n) is 11.2. The maximum Gasteiger partial charge on any atom is 0.100 e. The summed E-state index contributed by atoms with van der Waals surface area (Å²) in [5, 5.41) is 9.00. The van der Waals surface area contributed by atoms with Crippen molar-refractivity contribution < 1.29 is 0 Å². The summed E-state index contributed by atoms with van der Waals surface area (Å²) < 4.78 is 2.93. The molecule has 0 aliphatic carbocycles. The third kappa shape index (κ3) is 2.88. The summed E-state index contributed by atoms with van der Waals surface area (Å²) in [5.41, 5.74) is 4.02. The van der Waals surface area contributed by atoms with Crippen LogP contribution in [0.5, 0.6) is 0 Å². The normalized spacial score (nSPS) is 10.3. The molecule has 4 heteroatoms. The number of rotatable bonds is 3. The Morgan fingerprint density at radius 2 is 2.10 bits per heavy atom. The SMILES string of the molecule is N#Cc1ccc(-n2cccc2Cc2cccnc2)cc1Br. The van der Waals surface area contributed by atoms with E-state index in [-0.39, 0.29) is 0 Å². The van der Waals surface area contributed by atoms with Crippen molar-refractivity contribution in [2.75, 3.05) is 0 Å². The highest BCUT2D eigenvalue weighted by Gasteiger charge is 2.07. The molecule has 0 saturated heterocycles. The number of nitrogens with zero attached hydrogens (tertiary/aromatic N) is 3. The van der Waals surface area contributed by atoms with Gasteiger partial charge in [-0.1, -0.05) is 6.07 Å². The Bertz CT molecular complexity index is 800. The fraction of sp³-hybridized carbons (Fsp3) is 0.0588. The molecule has 0 aliphatic heterocycles. The lowest BCUT2D eigenvalue weighted by Gasteiger charge is -2.10. The molecule has 21 heavy (non-hydrogen) atoms. The van der Waals surface area contributed by atoms with Crippen LogP contribution in [0.1, 0.15) is 16.8 Å². The summed E-state index contributed by atoms with van der Waals surface area (Å²) >= 11 is 3.44. The second-order valence-corrected chi connectivity index (χ2v) is 5.54. The number of pyridine rings is 1. The summed E-state index contributed by atoms with van der Waals surface area (Å²) in [6.45, 7) is 0. The maximum atomic E-state index is 9.00.